The highest BCUT2D eigenvalue weighted by molar-refractivity contribution is 6.03. The second-order valence-corrected chi connectivity index (χ2v) is 5.27. The molecule has 116 valence electrons. The predicted octanol–water partition coefficient (Wildman–Crippen LogP) is 3.05. The van der Waals surface area contributed by atoms with Crippen LogP contribution in [0.4, 0.5) is 5.69 Å². The Bertz CT molecular complexity index is 856. The van der Waals surface area contributed by atoms with Crippen LogP contribution in [0.1, 0.15) is 21.6 Å². The molecule has 23 heavy (non-hydrogen) atoms. The summed E-state index contributed by atoms with van der Waals surface area (Å²) in [6.45, 7) is 3.77. The fourth-order valence-corrected chi connectivity index (χ4v) is 2.22. The number of nitrogens with one attached hydrogen (secondary N) is 2. The average molecular weight is 308 g/mol. The number of phenolic OH excluding ortho intramolecular Hbond substituents is 1. The van der Waals surface area contributed by atoms with Crippen LogP contribution in [0.5, 0.6) is 5.75 Å². The number of anilines is 1. The average Bonchev–Trinajstić information content (AvgIpc) is 3.03. The SMILES string of the molecule is Cc1ccc(-c2cc(C(=O)Nc3cccnc3)[nH]n2)c(O)c1C. The van der Waals surface area contributed by atoms with E-state index in [2.05, 4.69) is 20.5 Å². The van der Waals surface area contributed by atoms with Crippen molar-refractivity contribution in [3.63, 3.8) is 0 Å². The zero-order valence-electron chi connectivity index (χ0n) is 12.8. The van der Waals surface area contributed by atoms with Crippen LogP contribution < -0.4 is 5.32 Å². The van der Waals surface area contributed by atoms with Gasteiger partial charge in [-0.15, -0.1) is 0 Å². The van der Waals surface area contributed by atoms with Gasteiger partial charge in [-0.3, -0.25) is 14.9 Å². The van der Waals surface area contributed by atoms with Crippen molar-refractivity contribution < 1.29 is 9.90 Å². The monoisotopic (exact) mass is 308 g/mol. The smallest absolute Gasteiger partial charge is 0.273 e. The Morgan fingerprint density at radius 3 is 2.83 bits per heavy atom. The summed E-state index contributed by atoms with van der Waals surface area (Å²) in [7, 11) is 0. The third-order valence-electron chi connectivity index (χ3n) is 3.72. The second-order valence-electron chi connectivity index (χ2n) is 5.27. The minimum Gasteiger partial charge on any atom is -0.507 e. The fraction of sp³-hybridized carbons (Fsp3) is 0.118. The van der Waals surface area contributed by atoms with E-state index in [1.807, 2.05) is 19.9 Å². The lowest BCUT2D eigenvalue weighted by molar-refractivity contribution is 0.102. The molecule has 0 aliphatic heterocycles. The highest BCUT2D eigenvalue weighted by Crippen LogP contribution is 2.32. The summed E-state index contributed by atoms with van der Waals surface area (Å²) in [5.41, 5.74) is 3.80. The fourth-order valence-electron chi connectivity index (χ4n) is 2.22. The summed E-state index contributed by atoms with van der Waals surface area (Å²) in [6.07, 6.45) is 3.19. The molecule has 6 heteroatoms. The standard InChI is InChI=1S/C17H16N4O2/c1-10-5-6-13(16(22)11(10)2)14-8-15(21-20-14)17(23)19-12-4-3-7-18-9-12/h3-9,22H,1-2H3,(H,19,23)(H,20,21). The Morgan fingerprint density at radius 1 is 1.26 bits per heavy atom. The molecule has 0 fully saturated rings. The molecule has 0 radical (unpaired) electrons. The van der Waals surface area contributed by atoms with Gasteiger partial charge in [0.1, 0.15) is 11.4 Å². The van der Waals surface area contributed by atoms with Crippen molar-refractivity contribution in [1.29, 1.82) is 0 Å². The van der Waals surface area contributed by atoms with Crippen molar-refractivity contribution in [2.45, 2.75) is 13.8 Å². The molecule has 0 aliphatic carbocycles. The molecule has 0 saturated carbocycles. The number of aryl methyl sites for hydroxylation is 1. The third kappa shape index (κ3) is 2.91. The molecule has 0 bridgehead atoms. The van der Waals surface area contributed by atoms with Gasteiger partial charge in [0.15, 0.2) is 0 Å². The van der Waals surface area contributed by atoms with Crippen LogP contribution in [-0.4, -0.2) is 26.2 Å². The molecule has 3 aromatic rings. The Labute approximate surface area is 133 Å². The number of aromatic hydroxyl groups is 1. The van der Waals surface area contributed by atoms with Crippen molar-refractivity contribution in [2.24, 2.45) is 0 Å². The van der Waals surface area contributed by atoms with Gasteiger partial charge in [-0.05, 0) is 49.2 Å². The van der Waals surface area contributed by atoms with Gasteiger partial charge >= 0.3 is 0 Å². The first kappa shape index (κ1) is 14.8. The minimum absolute atomic E-state index is 0.177. The van der Waals surface area contributed by atoms with Crippen molar-refractivity contribution in [3.8, 4) is 17.0 Å². The number of aromatic amines is 1. The summed E-state index contributed by atoms with van der Waals surface area (Å²) in [4.78, 5) is 16.1. The maximum absolute atomic E-state index is 12.2. The van der Waals surface area contributed by atoms with Crippen LogP contribution in [0.3, 0.4) is 0 Å². The molecular formula is C17H16N4O2. The molecule has 3 rings (SSSR count). The first-order valence-electron chi connectivity index (χ1n) is 7.12. The first-order valence-corrected chi connectivity index (χ1v) is 7.12. The first-order chi connectivity index (χ1) is 11.1. The zero-order chi connectivity index (χ0) is 16.4. The van der Waals surface area contributed by atoms with Crippen LogP contribution in [0.2, 0.25) is 0 Å². The lowest BCUT2D eigenvalue weighted by atomic mass is 10.0. The lowest BCUT2D eigenvalue weighted by Gasteiger charge is -2.07. The van der Waals surface area contributed by atoms with Gasteiger partial charge in [0.05, 0.1) is 17.6 Å². The van der Waals surface area contributed by atoms with Gasteiger partial charge < -0.3 is 10.4 Å². The molecule has 1 amide bonds. The van der Waals surface area contributed by atoms with Gasteiger partial charge in [0.25, 0.3) is 5.91 Å². The Morgan fingerprint density at radius 2 is 2.09 bits per heavy atom. The van der Waals surface area contributed by atoms with Crippen molar-refractivity contribution in [1.82, 2.24) is 15.2 Å². The molecule has 6 nitrogen and oxygen atoms in total. The largest absolute Gasteiger partial charge is 0.507 e. The molecule has 0 saturated heterocycles. The number of carbonyl (C=O) groups is 1. The quantitative estimate of drug-likeness (QED) is 0.693. The number of phenols is 1. The summed E-state index contributed by atoms with van der Waals surface area (Å²) < 4.78 is 0. The number of H-pyrrole nitrogens is 1. The number of pyridine rings is 1. The molecule has 0 spiro atoms. The number of carbonyl (C=O) groups excluding carboxylic acids is 1. The van der Waals surface area contributed by atoms with Crippen LogP contribution >= 0.6 is 0 Å². The van der Waals surface area contributed by atoms with Gasteiger partial charge in [0.2, 0.25) is 0 Å². The number of amides is 1. The van der Waals surface area contributed by atoms with E-state index in [1.54, 1.807) is 36.7 Å². The molecule has 2 heterocycles. The maximum Gasteiger partial charge on any atom is 0.273 e. The Balaban J connectivity index is 1.86. The topological polar surface area (TPSA) is 90.9 Å². The number of benzene rings is 1. The van der Waals surface area contributed by atoms with Gasteiger partial charge in [-0.2, -0.15) is 5.10 Å². The van der Waals surface area contributed by atoms with Crippen molar-refractivity contribution in [2.75, 3.05) is 5.32 Å². The highest BCUT2D eigenvalue weighted by Gasteiger charge is 2.15. The van der Waals surface area contributed by atoms with Gasteiger partial charge in [0, 0.05) is 11.8 Å². The van der Waals surface area contributed by atoms with E-state index in [0.29, 0.717) is 22.6 Å². The van der Waals surface area contributed by atoms with Crippen LogP contribution in [0.25, 0.3) is 11.3 Å². The van der Waals surface area contributed by atoms with Crippen LogP contribution in [0, 0.1) is 13.8 Å². The van der Waals surface area contributed by atoms with Crippen LogP contribution in [-0.2, 0) is 0 Å². The summed E-state index contributed by atoms with van der Waals surface area (Å²) in [5, 5.41) is 19.8. The van der Waals surface area contributed by atoms with E-state index in [4.69, 9.17) is 0 Å². The molecular weight excluding hydrogens is 292 g/mol. The number of hydrogen-bond acceptors (Lipinski definition) is 4. The van der Waals surface area contributed by atoms with E-state index >= 15 is 0 Å². The molecule has 0 aliphatic rings. The molecule has 0 atom stereocenters. The number of hydrogen-bond donors (Lipinski definition) is 3. The Hall–Kier alpha value is -3.15. The molecule has 0 unspecified atom stereocenters. The Kier molecular flexibility index (Phi) is 3.80. The minimum atomic E-state index is -0.319. The predicted molar refractivity (Wildman–Crippen MR) is 87.4 cm³/mol. The number of nitrogens with zero attached hydrogens (tertiary/aromatic N) is 2. The molecule has 3 N–H and O–H groups in total. The van der Waals surface area contributed by atoms with Gasteiger partial charge in [-0.1, -0.05) is 6.07 Å². The third-order valence-corrected chi connectivity index (χ3v) is 3.72. The molecule has 1 aromatic carbocycles. The number of rotatable bonds is 3. The van der Waals surface area contributed by atoms with Gasteiger partial charge in [-0.25, -0.2) is 0 Å². The zero-order valence-corrected chi connectivity index (χ0v) is 12.8. The second kappa shape index (κ2) is 5.92. The van der Waals surface area contributed by atoms with E-state index in [-0.39, 0.29) is 11.7 Å². The van der Waals surface area contributed by atoms with Crippen molar-refractivity contribution >= 4 is 11.6 Å². The van der Waals surface area contributed by atoms with E-state index in [1.165, 1.54) is 0 Å². The summed E-state index contributed by atoms with van der Waals surface area (Å²) in [6, 6.07) is 8.79. The normalized spacial score (nSPS) is 10.5. The van der Waals surface area contributed by atoms with Crippen molar-refractivity contribution in [3.05, 3.63) is 59.5 Å². The molecule has 2 aromatic heterocycles. The highest BCUT2D eigenvalue weighted by atomic mass is 16.3. The van der Waals surface area contributed by atoms with E-state index in [9.17, 15) is 9.90 Å². The lowest BCUT2D eigenvalue weighted by Crippen LogP contribution is -2.12. The number of aromatic nitrogens is 3. The summed E-state index contributed by atoms with van der Waals surface area (Å²) in [5.74, 6) is -0.143. The maximum atomic E-state index is 12.2. The van der Waals surface area contributed by atoms with E-state index < -0.39 is 0 Å². The summed E-state index contributed by atoms with van der Waals surface area (Å²) >= 11 is 0. The van der Waals surface area contributed by atoms with E-state index in [0.717, 1.165) is 11.1 Å². The van der Waals surface area contributed by atoms with Crippen LogP contribution in [0.15, 0.2) is 42.7 Å².